The Morgan fingerprint density at radius 2 is 0.926 bits per heavy atom. The molecule has 27 heavy (non-hydrogen) atoms. The van der Waals surface area contributed by atoms with Gasteiger partial charge in [0.25, 0.3) is 0 Å². The van der Waals surface area contributed by atoms with E-state index < -0.39 is 0 Å². The Bertz CT molecular complexity index is 1070. The van der Waals surface area contributed by atoms with Crippen LogP contribution in [0.2, 0.25) is 0 Å². The molecule has 0 aromatic heterocycles. The number of benzene rings is 4. The van der Waals surface area contributed by atoms with E-state index in [2.05, 4.69) is 104 Å². The fourth-order valence-corrected chi connectivity index (χ4v) is 3.33. The Morgan fingerprint density at radius 1 is 0.481 bits per heavy atom. The minimum absolute atomic E-state index is 1.09. The molecule has 0 saturated heterocycles. The van der Waals surface area contributed by atoms with Gasteiger partial charge >= 0.3 is 0 Å². The maximum atomic E-state index is 4.06. The molecule has 0 N–H and O–H groups in total. The van der Waals surface area contributed by atoms with E-state index in [1.165, 1.54) is 38.9 Å². The first-order valence-corrected chi connectivity index (χ1v) is 9.23. The summed E-state index contributed by atoms with van der Waals surface area (Å²) in [6.45, 7) is 6.10. The molecule has 0 atom stereocenters. The highest BCUT2D eigenvalue weighted by Gasteiger charge is 2.04. The Labute approximate surface area is 161 Å². The molecule has 0 amide bonds. The maximum Gasteiger partial charge on any atom is -0.0178 e. The van der Waals surface area contributed by atoms with Gasteiger partial charge in [-0.1, -0.05) is 103 Å². The smallest absolute Gasteiger partial charge is 0.0178 e. The first-order valence-electron chi connectivity index (χ1n) is 9.23. The van der Waals surface area contributed by atoms with Crippen molar-refractivity contribution in [2.24, 2.45) is 0 Å². The topological polar surface area (TPSA) is 0 Å². The number of allylic oxidation sites excluding steroid dienone is 1. The van der Waals surface area contributed by atoms with Gasteiger partial charge in [0.2, 0.25) is 0 Å². The fourth-order valence-electron chi connectivity index (χ4n) is 3.33. The number of hydrogen-bond donors (Lipinski definition) is 0. The van der Waals surface area contributed by atoms with Gasteiger partial charge in [0.15, 0.2) is 0 Å². The molecule has 0 bridgehead atoms. The van der Waals surface area contributed by atoms with Crippen LogP contribution in [0.3, 0.4) is 0 Å². The third-order valence-corrected chi connectivity index (χ3v) is 4.88. The van der Waals surface area contributed by atoms with Crippen molar-refractivity contribution in [1.82, 2.24) is 0 Å². The molecule has 0 heterocycles. The summed E-state index contributed by atoms with van der Waals surface area (Å²) in [6.07, 6.45) is 0. The van der Waals surface area contributed by atoms with Gasteiger partial charge in [-0.3, -0.25) is 0 Å². The molecular weight excluding hydrogens is 324 g/mol. The lowest BCUT2D eigenvalue weighted by Gasteiger charge is -2.09. The lowest BCUT2D eigenvalue weighted by atomic mass is 9.96. The summed E-state index contributed by atoms with van der Waals surface area (Å²) in [5.74, 6) is 0. The van der Waals surface area contributed by atoms with Crippen LogP contribution >= 0.6 is 0 Å². The summed E-state index contributed by atoms with van der Waals surface area (Å²) in [4.78, 5) is 0. The Kier molecular flexibility index (Phi) is 4.72. The molecule has 4 aromatic rings. The minimum atomic E-state index is 1.09. The van der Waals surface area contributed by atoms with Gasteiger partial charge < -0.3 is 0 Å². The van der Waals surface area contributed by atoms with Crippen molar-refractivity contribution in [2.75, 3.05) is 0 Å². The summed E-state index contributed by atoms with van der Waals surface area (Å²) in [5.41, 5.74) is 9.66. The molecule has 0 nitrogen and oxygen atoms in total. The standard InChI is InChI=1S/C27H22/c1-20(2)24-10-6-12-26(18-24)27-13-7-11-25(19-27)23-16-14-22(15-17-23)21-8-4-3-5-9-21/h3-19H,1H2,2H3. The van der Waals surface area contributed by atoms with E-state index in [1.807, 2.05) is 13.0 Å². The van der Waals surface area contributed by atoms with Crippen LogP contribution in [0.15, 0.2) is 110 Å². The molecule has 0 unspecified atom stereocenters. The zero-order valence-electron chi connectivity index (χ0n) is 15.5. The van der Waals surface area contributed by atoms with Crippen molar-refractivity contribution >= 4 is 5.57 Å². The van der Waals surface area contributed by atoms with Crippen LogP contribution in [0, 0.1) is 0 Å². The van der Waals surface area contributed by atoms with Gasteiger partial charge in [-0.05, 0) is 58.0 Å². The SMILES string of the molecule is C=C(C)c1cccc(-c2cccc(-c3ccc(-c4ccccc4)cc3)c2)c1. The first kappa shape index (κ1) is 17.1. The second-order valence-electron chi connectivity index (χ2n) is 6.89. The minimum Gasteiger partial charge on any atom is -0.0955 e. The average Bonchev–Trinajstić information content (AvgIpc) is 2.75. The molecule has 0 heteroatoms. The monoisotopic (exact) mass is 346 g/mol. The van der Waals surface area contributed by atoms with Gasteiger partial charge in [-0.25, -0.2) is 0 Å². The van der Waals surface area contributed by atoms with Crippen LogP contribution in [-0.4, -0.2) is 0 Å². The van der Waals surface area contributed by atoms with Crippen molar-refractivity contribution < 1.29 is 0 Å². The van der Waals surface area contributed by atoms with E-state index in [-0.39, 0.29) is 0 Å². The van der Waals surface area contributed by atoms with Crippen molar-refractivity contribution in [3.05, 3.63) is 115 Å². The zero-order chi connectivity index (χ0) is 18.6. The number of hydrogen-bond acceptors (Lipinski definition) is 0. The highest BCUT2D eigenvalue weighted by Crippen LogP contribution is 2.29. The Hall–Kier alpha value is -3.38. The lowest BCUT2D eigenvalue weighted by molar-refractivity contribution is 1.54. The van der Waals surface area contributed by atoms with Crippen LogP contribution < -0.4 is 0 Å². The van der Waals surface area contributed by atoms with E-state index in [0.29, 0.717) is 0 Å². The van der Waals surface area contributed by atoms with Crippen LogP contribution in [0.25, 0.3) is 39.0 Å². The van der Waals surface area contributed by atoms with Crippen LogP contribution in [0.5, 0.6) is 0 Å². The molecule has 4 rings (SSSR count). The molecule has 0 aliphatic rings. The van der Waals surface area contributed by atoms with Gasteiger partial charge in [0, 0.05) is 0 Å². The van der Waals surface area contributed by atoms with Crippen molar-refractivity contribution in [1.29, 1.82) is 0 Å². The Balaban J connectivity index is 1.67. The molecule has 0 spiro atoms. The summed E-state index contributed by atoms with van der Waals surface area (Å²) < 4.78 is 0. The van der Waals surface area contributed by atoms with Gasteiger partial charge in [0.1, 0.15) is 0 Å². The summed E-state index contributed by atoms with van der Waals surface area (Å²) in [7, 11) is 0. The molecule has 0 saturated carbocycles. The van der Waals surface area contributed by atoms with Gasteiger partial charge in [-0.2, -0.15) is 0 Å². The normalized spacial score (nSPS) is 10.6. The van der Waals surface area contributed by atoms with E-state index in [9.17, 15) is 0 Å². The maximum absolute atomic E-state index is 4.06. The molecule has 4 aromatic carbocycles. The lowest BCUT2D eigenvalue weighted by Crippen LogP contribution is -1.84. The van der Waals surface area contributed by atoms with E-state index in [0.717, 1.165) is 5.57 Å². The van der Waals surface area contributed by atoms with Gasteiger partial charge in [-0.15, -0.1) is 0 Å². The molecule has 0 aliphatic carbocycles. The van der Waals surface area contributed by atoms with Crippen LogP contribution in [0.4, 0.5) is 0 Å². The predicted octanol–water partition coefficient (Wildman–Crippen LogP) is 7.72. The predicted molar refractivity (Wildman–Crippen MR) is 117 cm³/mol. The third kappa shape index (κ3) is 3.75. The van der Waals surface area contributed by atoms with Crippen LogP contribution in [0.1, 0.15) is 12.5 Å². The molecular formula is C27H22. The second-order valence-corrected chi connectivity index (χ2v) is 6.89. The fraction of sp³-hybridized carbons (Fsp3) is 0.0370. The highest BCUT2D eigenvalue weighted by molar-refractivity contribution is 5.77. The average molecular weight is 346 g/mol. The van der Waals surface area contributed by atoms with Crippen molar-refractivity contribution in [2.45, 2.75) is 6.92 Å². The van der Waals surface area contributed by atoms with Gasteiger partial charge in [0.05, 0.1) is 0 Å². The summed E-state index contributed by atoms with van der Waals surface area (Å²) >= 11 is 0. The largest absolute Gasteiger partial charge is 0.0955 e. The van der Waals surface area contributed by atoms with Crippen LogP contribution in [-0.2, 0) is 0 Å². The molecule has 0 fully saturated rings. The quantitative estimate of drug-likeness (QED) is 0.355. The van der Waals surface area contributed by atoms with Crippen molar-refractivity contribution in [3.63, 3.8) is 0 Å². The van der Waals surface area contributed by atoms with E-state index in [1.54, 1.807) is 0 Å². The van der Waals surface area contributed by atoms with E-state index >= 15 is 0 Å². The third-order valence-electron chi connectivity index (χ3n) is 4.88. The highest BCUT2D eigenvalue weighted by atomic mass is 14.1. The first-order chi connectivity index (χ1) is 13.2. The Morgan fingerprint density at radius 3 is 1.56 bits per heavy atom. The van der Waals surface area contributed by atoms with E-state index in [4.69, 9.17) is 0 Å². The second kappa shape index (κ2) is 7.47. The molecule has 0 aliphatic heterocycles. The summed E-state index contributed by atoms with van der Waals surface area (Å²) in [6, 6.07) is 36.6. The van der Waals surface area contributed by atoms with Crippen molar-refractivity contribution in [3.8, 4) is 33.4 Å². The summed E-state index contributed by atoms with van der Waals surface area (Å²) in [5, 5.41) is 0. The zero-order valence-corrected chi connectivity index (χ0v) is 15.5. The molecule has 0 radical (unpaired) electrons. The number of rotatable bonds is 4. The molecule has 130 valence electrons.